The van der Waals surface area contributed by atoms with Crippen molar-refractivity contribution in [2.24, 2.45) is 5.92 Å². The van der Waals surface area contributed by atoms with Crippen LogP contribution in [0.3, 0.4) is 0 Å². The molecule has 3 nitrogen and oxygen atoms in total. The van der Waals surface area contributed by atoms with Crippen molar-refractivity contribution in [1.29, 1.82) is 0 Å². The van der Waals surface area contributed by atoms with Gasteiger partial charge in [-0.2, -0.15) is 0 Å². The van der Waals surface area contributed by atoms with Crippen molar-refractivity contribution in [3.8, 4) is 0 Å². The highest BCUT2D eigenvalue weighted by Crippen LogP contribution is 2.17. The molecule has 0 bridgehead atoms. The predicted octanol–water partition coefficient (Wildman–Crippen LogP) is 1.62. The van der Waals surface area contributed by atoms with Gasteiger partial charge in [-0.05, 0) is 19.4 Å². The number of carbonyl (C=O) groups excluding carboxylic acids is 1. The van der Waals surface area contributed by atoms with Crippen LogP contribution < -0.4 is 0 Å². The molecule has 0 N–H and O–H groups in total. The Hall–Kier alpha value is -0.540. The molecule has 0 aromatic carbocycles. The van der Waals surface area contributed by atoms with Crippen LogP contribution in [0.2, 0.25) is 0 Å². The molecule has 4 heteroatoms. The summed E-state index contributed by atoms with van der Waals surface area (Å²) in [7, 11) is 1.44. The van der Waals surface area contributed by atoms with Crippen molar-refractivity contribution in [3.63, 3.8) is 0 Å². The van der Waals surface area contributed by atoms with E-state index in [1.807, 2.05) is 6.08 Å². The summed E-state index contributed by atoms with van der Waals surface area (Å²) in [6.45, 7) is 2.64. The molecule has 0 spiro atoms. The molecule has 1 rings (SSSR count). The fraction of sp³-hybridized carbons (Fsp3) is 0.700. The van der Waals surface area contributed by atoms with Gasteiger partial charge in [0.05, 0.1) is 13.0 Å². The molecule has 1 saturated heterocycles. The minimum absolute atomic E-state index is 0.0393. The van der Waals surface area contributed by atoms with Gasteiger partial charge in [-0.15, -0.1) is 0 Å². The molecule has 0 aliphatic carbocycles. The predicted molar refractivity (Wildman–Crippen MR) is 56.2 cm³/mol. The molecule has 80 valence electrons. The second kappa shape index (κ2) is 6.04. The number of hydrogen-bond donors (Lipinski definition) is 0. The Labute approximate surface area is 89.7 Å². The third-order valence-electron chi connectivity index (χ3n) is 2.49. The van der Waals surface area contributed by atoms with Crippen LogP contribution in [-0.2, 0) is 9.53 Å². The quantitative estimate of drug-likeness (QED) is 0.673. The molecule has 0 saturated carbocycles. The van der Waals surface area contributed by atoms with Gasteiger partial charge in [-0.3, -0.25) is 9.69 Å². The van der Waals surface area contributed by atoms with Crippen LogP contribution in [0.4, 0.5) is 0 Å². The highest BCUT2D eigenvalue weighted by molar-refractivity contribution is 6.25. The van der Waals surface area contributed by atoms with Crippen LogP contribution in [0.25, 0.3) is 0 Å². The number of halogens is 1. The highest BCUT2D eigenvalue weighted by Gasteiger charge is 2.25. The second-order valence-electron chi connectivity index (χ2n) is 3.48. The molecule has 1 unspecified atom stereocenters. The number of rotatable bonds is 3. The Kier molecular flexibility index (Phi) is 4.98. The fourth-order valence-electron chi connectivity index (χ4n) is 1.77. The molecule has 1 fully saturated rings. The Morgan fingerprint density at radius 1 is 1.71 bits per heavy atom. The van der Waals surface area contributed by atoms with Gasteiger partial charge in [0, 0.05) is 18.6 Å². The van der Waals surface area contributed by atoms with E-state index in [-0.39, 0.29) is 11.9 Å². The maximum atomic E-state index is 11.3. The minimum atomic E-state index is -0.0930. The lowest BCUT2D eigenvalue weighted by Crippen LogP contribution is -2.39. The van der Waals surface area contributed by atoms with Crippen LogP contribution in [-0.4, -0.2) is 37.6 Å². The van der Waals surface area contributed by atoms with Gasteiger partial charge in [0.1, 0.15) is 0 Å². The lowest BCUT2D eigenvalue weighted by atomic mass is 9.98. The first kappa shape index (κ1) is 11.5. The van der Waals surface area contributed by atoms with Gasteiger partial charge in [0.15, 0.2) is 0 Å². The van der Waals surface area contributed by atoms with E-state index >= 15 is 0 Å². The van der Waals surface area contributed by atoms with Crippen LogP contribution in [0.1, 0.15) is 12.8 Å². The van der Waals surface area contributed by atoms with E-state index < -0.39 is 0 Å². The van der Waals surface area contributed by atoms with E-state index in [9.17, 15) is 4.79 Å². The lowest BCUT2D eigenvalue weighted by molar-refractivity contribution is -0.147. The lowest BCUT2D eigenvalue weighted by Gasteiger charge is -2.30. The van der Waals surface area contributed by atoms with Crippen LogP contribution in [0.15, 0.2) is 11.6 Å². The second-order valence-corrected chi connectivity index (χ2v) is 3.74. The summed E-state index contributed by atoms with van der Waals surface area (Å²) in [5.41, 5.74) is 1.52. The van der Waals surface area contributed by atoms with Gasteiger partial charge in [-0.25, -0.2) is 0 Å². The van der Waals surface area contributed by atoms with Crippen LogP contribution in [0, 0.1) is 5.92 Å². The maximum absolute atomic E-state index is 11.3. The summed E-state index contributed by atoms with van der Waals surface area (Å²) in [5.74, 6) is -0.0537. The third kappa shape index (κ3) is 3.31. The van der Waals surface area contributed by atoms with Gasteiger partial charge in [0.2, 0.25) is 0 Å². The Morgan fingerprint density at radius 3 is 3.14 bits per heavy atom. The summed E-state index contributed by atoms with van der Waals surface area (Å²) in [6, 6.07) is 0. The van der Waals surface area contributed by atoms with Gasteiger partial charge >= 0.3 is 5.97 Å². The smallest absolute Gasteiger partial charge is 0.309 e. The molecule has 1 aliphatic heterocycles. The van der Waals surface area contributed by atoms with Crippen molar-refractivity contribution >= 4 is 17.6 Å². The van der Waals surface area contributed by atoms with Gasteiger partial charge in [-0.1, -0.05) is 17.7 Å². The highest BCUT2D eigenvalue weighted by atomic mass is 35.5. The molecule has 0 aromatic rings. The summed E-state index contributed by atoms with van der Waals surface area (Å²) >= 11 is 5.45. The molecule has 1 heterocycles. The number of hydrogen-bond acceptors (Lipinski definition) is 3. The van der Waals surface area contributed by atoms with E-state index in [1.165, 1.54) is 12.6 Å². The van der Waals surface area contributed by atoms with Crippen molar-refractivity contribution in [1.82, 2.24) is 4.90 Å². The van der Waals surface area contributed by atoms with E-state index in [0.717, 1.165) is 32.5 Å². The van der Waals surface area contributed by atoms with E-state index in [0.29, 0.717) is 0 Å². The monoisotopic (exact) mass is 217 g/mol. The van der Waals surface area contributed by atoms with E-state index in [1.54, 1.807) is 0 Å². The first-order valence-corrected chi connectivity index (χ1v) is 5.27. The minimum Gasteiger partial charge on any atom is -0.469 e. The zero-order valence-corrected chi connectivity index (χ0v) is 9.17. The van der Waals surface area contributed by atoms with Gasteiger partial charge < -0.3 is 4.74 Å². The van der Waals surface area contributed by atoms with Crippen molar-refractivity contribution < 1.29 is 9.53 Å². The summed E-state index contributed by atoms with van der Waals surface area (Å²) < 4.78 is 4.73. The standard InChI is InChI=1S/C10H16ClNO2/c1-14-10(13)9-4-2-6-12(8-9)7-3-5-11/h3,5,9H,2,4,6-8H2,1H3/b5-3+. The van der Waals surface area contributed by atoms with Crippen molar-refractivity contribution in [2.75, 3.05) is 26.7 Å². The molecule has 1 aliphatic rings. The SMILES string of the molecule is COC(=O)C1CCCN(C/C=C/Cl)C1. The van der Waals surface area contributed by atoms with Crippen LogP contribution >= 0.6 is 11.6 Å². The number of methoxy groups -OCH3 is 1. The number of carbonyl (C=O) groups is 1. The molecule has 0 amide bonds. The molecule has 0 radical (unpaired) electrons. The zero-order chi connectivity index (χ0) is 10.4. The Morgan fingerprint density at radius 2 is 2.50 bits per heavy atom. The fourth-order valence-corrected chi connectivity index (χ4v) is 1.85. The average molecular weight is 218 g/mol. The first-order valence-electron chi connectivity index (χ1n) is 4.83. The van der Waals surface area contributed by atoms with Crippen molar-refractivity contribution in [3.05, 3.63) is 11.6 Å². The summed E-state index contributed by atoms with van der Waals surface area (Å²) in [6.07, 6.45) is 3.88. The maximum Gasteiger partial charge on any atom is 0.309 e. The molecule has 14 heavy (non-hydrogen) atoms. The Bertz CT molecular complexity index is 218. The normalized spacial score (nSPS) is 24.0. The Balaban J connectivity index is 2.39. The number of ether oxygens (including phenoxy) is 1. The molecule has 1 atom stereocenters. The summed E-state index contributed by atoms with van der Waals surface area (Å²) in [4.78, 5) is 13.5. The average Bonchev–Trinajstić information content (AvgIpc) is 2.25. The zero-order valence-electron chi connectivity index (χ0n) is 8.41. The molecule has 0 aromatic heterocycles. The third-order valence-corrected chi connectivity index (χ3v) is 2.67. The number of likely N-dealkylation sites (tertiary alicyclic amines) is 1. The number of esters is 1. The van der Waals surface area contributed by atoms with Gasteiger partial charge in [0.25, 0.3) is 0 Å². The number of piperidine rings is 1. The molecular formula is C10H16ClNO2. The topological polar surface area (TPSA) is 29.5 Å². The largest absolute Gasteiger partial charge is 0.469 e. The van der Waals surface area contributed by atoms with E-state index in [2.05, 4.69) is 4.90 Å². The van der Waals surface area contributed by atoms with Crippen LogP contribution in [0.5, 0.6) is 0 Å². The number of nitrogens with zero attached hydrogens (tertiary/aromatic N) is 1. The summed E-state index contributed by atoms with van der Waals surface area (Å²) in [5, 5.41) is 0. The molecular weight excluding hydrogens is 202 g/mol. The van der Waals surface area contributed by atoms with Crippen molar-refractivity contribution in [2.45, 2.75) is 12.8 Å². The van der Waals surface area contributed by atoms with E-state index in [4.69, 9.17) is 16.3 Å². The first-order chi connectivity index (χ1) is 6.77.